The van der Waals surface area contributed by atoms with Gasteiger partial charge in [-0.25, -0.2) is 4.79 Å². The lowest BCUT2D eigenvalue weighted by atomic mass is 9.65. The molecule has 7 nitrogen and oxygen atoms in total. The topological polar surface area (TPSA) is 73.0 Å². The Kier molecular flexibility index (Phi) is 5.86. The van der Waals surface area contributed by atoms with Crippen molar-refractivity contribution in [3.8, 4) is 0 Å². The Morgan fingerprint density at radius 2 is 1.70 bits per heavy atom. The van der Waals surface area contributed by atoms with Crippen LogP contribution in [0.25, 0.3) is 0 Å². The predicted octanol–water partition coefficient (Wildman–Crippen LogP) is 2.46. The number of amides is 4. The summed E-state index contributed by atoms with van der Waals surface area (Å²) in [7, 11) is 0. The second kappa shape index (κ2) is 8.13. The largest absolute Gasteiger partial charge is 0.339 e. The molecule has 4 aliphatic rings. The van der Waals surface area contributed by atoms with Gasteiger partial charge in [-0.3, -0.25) is 19.4 Å². The molecule has 2 aliphatic carbocycles. The highest BCUT2D eigenvalue weighted by molar-refractivity contribution is 6.09. The van der Waals surface area contributed by atoms with Crippen LogP contribution in [-0.4, -0.2) is 77.4 Å². The summed E-state index contributed by atoms with van der Waals surface area (Å²) in [5.74, 6) is 1.12. The smallest absolute Gasteiger partial charge is 0.325 e. The molecule has 2 saturated carbocycles. The van der Waals surface area contributed by atoms with E-state index in [-0.39, 0.29) is 23.8 Å². The number of urea groups is 1. The van der Waals surface area contributed by atoms with Crippen molar-refractivity contribution in [1.82, 2.24) is 20.0 Å². The molecule has 0 aromatic carbocycles. The molecule has 1 spiro atoms. The first-order valence-electron chi connectivity index (χ1n) is 11.9. The summed E-state index contributed by atoms with van der Waals surface area (Å²) in [6.45, 7) is 11.0. The molecule has 2 aliphatic heterocycles. The summed E-state index contributed by atoms with van der Waals surface area (Å²) < 4.78 is 0. The molecule has 0 atom stereocenters. The molecule has 2 saturated heterocycles. The van der Waals surface area contributed by atoms with Crippen molar-refractivity contribution in [2.45, 2.75) is 71.3 Å². The first-order chi connectivity index (χ1) is 14.2. The third-order valence-electron chi connectivity index (χ3n) is 8.33. The summed E-state index contributed by atoms with van der Waals surface area (Å²) in [5, 5.41) is 2.96. The Bertz CT molecular complexity index is 687. The third-order valence-corrected chi connectivity index (χ3v) is 8.33. The van der Waals surface area contributed by atoms with Gasteiger partial charge in [-0.2, -0.15) is 0 Å². The van der Waals surface area contributed by atoms with Crippen LogP contribution in [-0.2, 0) is 9.59 Å². The van der Waals surface area contributed by atoms with E-state index in [4.69, 9.17) is 0 Å². The van der Waals surface area contributed by atoms with Gasteiger partial charge in [-0.1, -0.05) is 27.2 Å². The fourth-order valence-electron chi connectivity index (χ4n) is 5.42. The molecule has 4 fully saturated rings. The van der Waals surface area contributed by atoms with Crippen LogP contribution in [0.1, 0.15) is 65.7 Å². The molecule has 0 radical (unpaired) electrons. The third kappa shape index (κ3) is 4.23. The first kappa shape index (κ1) is 21.6. The second-order valence-corrected chi connectivity index (χ2v) is 10.6. The van der Waals surface area contributed by atoms with Crippen LogP contribution in [0, 0.1) is 17.3 Å². The Hall–Kier alpha value is -1.63. The Labute approximate surface area is 180 Å². The lowest BCUT2D eigenvalue weighted by Crippen LogP contribution is -2.53. The van der Waals surface area contributed by atoms with Gasteiger partial charge < -0.3 is 10.2 Å². The van der Waals surface area contributed by atoms with Gasteiger partial charge in [0.1, 0.15) is 12.1 Å². The van der Waals surface area contributed by atoms with Gasteiger partial charge in [0.25, 0.3) is 5.91 Å². The van der Waals surface area contributed by atoms with Crippen molar-refractivity contribution in [2.75, 3.05) is 39.3 Å². The molecule has 0 aromatic rings. The van der Waals surface area contributed by atoms with E-state index >= 15 is 0 Å². The standard InChI is InChI=1S/C23H38N4O3/c1-4-22(2,3)18-7-9-23(10-8-18)20(29)27(21(30)24-23)16-19(28)26-13-11-25(12-14-26)15-17-5-6-17/h17-18H,4-16H2,1-3H3,(H,24,30). The molecular formula is C23H38N4O3. The van der Waals surface area contributed by atoms with E-state index in [1.807, 2.05) is 4.90 Å². The molecule has 30 heavy (non-hydrogen) atoms. The highest BCUT2D eigenvalue weighted by Gasteiger charge is 2.54. The van der Waals surface area contributed by atoms with E-state index in [9.17, 15) is 14.4 Å². The maximum atomic E-state index is 13.2. The second-order valence-electron chi connectivity index (χ2n) is 10.6. The predicted molar refractivity (Wildman–Crippen MR) is 115 cm³/mol. The zero-order chi connectivity index (χ0) is 21.5. The fourth-order valence-corrected chi connectivity index (χ4v) is 5.42. The maximum Gasteiger partial charge on any atom is 0.325 e. The number of imide groups is 1. The molecule has 2 heterocycles. The summed E-state index contributed by atoms with van der Waals surface area (Å²) in [6, 6.07) is -0.395. The zero-order valence-electron chi connectivity index (χ0n) is 18.9. The normalized spacial score (nSPS) is 30.8. The monoisotopic (exact) mass is 418 g/mol. The van der Waals surface area contributed by atoms with Crippen LogP contribution in [0.2, 0.25) is 0 Å². The molecule has 0 aromatic heterocycles. The van der Waals surface area contributed by atoms with Crippen molar-refractivity contribution < 1.29 is 14.4 Å². The van der Waals surface area contributed by atoms with Crippen LogP contribution in [0.4, 0.5) is 4.79 Å². The van der Waals surface area contributed by atoms with Crippen LogP contribution in [0.5, 0.6) is 0 Å². The summed E-state index contributed by atoms with van der Waals surface area (Å²) in [4.78, 5) is 44.0. The minimum atomic E-state index is -0.791. The van der Waals surface area contributed by atoms with Gasteiger partial charge in [0.05, 0.1) is 0 Å². The zero-order valence-corrected chi connectivity index (χ0v) is 18.9. The number of carbonyl (C=O) groups is 3. The van der Waals surface area contributed by atoms with Crippen molar-refractivity contribution in [3.63, 3.8) is 0 Å². The van der Waals surface area contributed by atoms with Gasteiger partial charge in [-0.05, 0) is 55.8 Å². The Balaban J connectivity index is 1.30. The van der Waals surface area contributed by atoms with E-state index in [2.05, 4.69) is 31.0 Å². The SMILES string of the molecule is CCC(C)(C)C1CCC2(CC1)NC(=O)N(CC(=O)N1CCN(CC3CC3)CC1)C2=O. The number of rotatable bonds is 6. The number of hydrogen-bond acceptors (Lipinski definition) is 4. The number of nitrogens with one attached hydrogen (secondary N) is 1. The molecule has 1 N–H and O–H groups in total. The minimum Gasteiger partial charge on any atom is -0.339 e. The fraction of sp³-hybridized carbons (Fsp3) is 0.870. The first-order valence-corrected chi connectivity index (χ1v) is 11.9. The van der Waals surface area contributed by atoms with Gasteiger partial charge in [0.15, 0.2) is 0 Å². The van der Waals surface area contributed by atoms with Crippen LogP contribution in [0.15, 0.2) is 0 Å². The quantitative estimate of drug-likeness (QED) is 0.673. The molecule has 4 rings (SSSR count). The average Bonchev–Trinajstić information content (AvgIpc) is 3.52. The van der Waals surface area contributed by atoms with E-state index < -0.39 is 11.6 Å². The molecule has 4 amide bonds. The van der Waals surface area contributed by atoms with Crippen molar-refractivity contribution >= 4 is 17.8 Å². The summed E-state index contributed by atoms with van der Waals surface area (Å²) in [5.41, 5.74) is -0.536. The molecule has 0 unspecified atom stereocenters. The van der Waals surface area contributed by atoms with E-state index in [1.54, 1.807) is 0 Å². The lowest BCUT2D eigenvalue weighted by Gasteiger charge is -2.42. The van der Waals surface area contributed by atoms with Gasteiger partial charge in [0.2, 0.25) is 5.91 Å². The molecule has 168 valence electrons. The van der Waals surface area contributed by atoms with Crippen LogP contribution < -0.4 is 5.32 Å². The molecule has 0 bridgehead atoms. The van der Waals surface area contributed by atoms with Crippen molar-refractivity contribution in [2.24, 2.45) is 17.3 Å². The lowest BCUT2D eigenvalue weighted by molar-refractivity contribution is -0.140. The molecular weight excluding hydrogens is 380 g/mol. The van der Waals surface area contributed by atoms with Crippen molar-refractivity contribution in [1.29, 1.82) is 0 Å². The van der Waals surface area contributed by atoms with Gasteiger partial charge >= 0.3 is 6.03 Å². The number of hydrogen-bond donors (Lipinski definition) is 1. The van der Waals surface area contributed by atoms with Crippen LogP contribution in [0.3, 0.4) is 0 Å². The number of carbonyl (C=O) groups excluding carboxylic acids is 3. The van der Waals surface area contributed by atoms with Crippen molar-refractivity contribution in [3.05, 3.63) is 0 Å². The van der Waals surface area contributed by atoms with E-state index in [0.29, 0.717) is 31.8 Å². The van der Waals surface area contributed by atoms with E-state index in [0.717, 1.165) is 44.8 Å². The highest BCUT2D eigenvalue weighted by Crippen LogP contribution is 2.45. The number of nitrogens with zero attached hydrogens (tertiary/aromatic N) is 3. The number of piperazine rings is 1. The Morgan fingerprint density at radius 1 is 1.07 bits per heavy atom. The maximum absolute atomic E-state index is 13.2. The highest BCUT2D eigenvalue weighted by atomic mass is 16.2. The minimum absolute atomic E-state index is 0.109. The average molecular weight is 419 g/mol. The van der Waals surface area contributed by atoms with E-state index in [1.165, 1.54) is 17.7 Å². The van der Waals surface area contributed by atoms with Gasteiger partial charge in [-0.15, -0.1) is 0 Å². The van der Waals surface area contributed by atoms with Gasteiger partial charge in [0, 0.05) is 32.7 Å². The Morgan fingerprint density at radius 3 is 2.27 bits per heavy atom. The summed E-state index contributed by atoms with van der Waals surface area (Å²) in [6.07, 6.45) is 7.02. The van der Waals surface area contributed by atoms with Crippen LogP contribution >= 0.6 is 0 Å². The molecule has 7 heteroatoms. The summed E-state index contributed by atoms with van der Waals surface area (Å²) >= 11 is 0.